The van der Waals surface area contributed by atoms with E-state index in [-0.39, 0.29) is 11.4 Å². The zero-order valence-corrected chi connectivity index (χ0v) is 17.7. The Kier molecular flexibility index (Phi) is 6.50. The molecule has 0 aliphatic rings. The van der Waals surface area contributed by atoms with E-state index in [1.54, 1.807) is 24.5 Å². The van der Waals surface area contributed by atoms with Gasteiger partial charge in [-0.25, -0.2) is 27.5 Å². The van der Waals surface area contributed by atoms with Gasteiger partial charge in [0.2, 0.25) is 0 Å². The molecule has 0 radical (unpaired) electrons. The van der Waals surface area contributed by atoms with Gasteiger partial charge in [-0.05, 0) is 72.5 Å². The zero-order chi connectivity index (χ0) is 23.4. The van der Waals surface area contributed by atoms with Gasteiger partial charge in [-0.3, -0.25) is 0 Å². The van der Waals surface area contributed by atoms with E-state index in [1.165, 1.54) is 6.07 Å². The third-order valence-corrected chi connectivity index (χ3v) is 5.05. The molecular weight excluding hydrogens is 428 g/mol. The highest BCUT2D eigenvalue weighted by Crippen LogP contribution is 2.23. The number of benzene rings is 3. The number of allylic oxidation sites excluding steroid dienone is 2. The summed E-state index contributed by atoms with van der Waals surface area (Å²) in [5.74, 6) is 1.77. The molecule has 4 aromatic rings. The van der Waals surface area contributed by atoms with Gasteiger partial charge < -0.3 is 0 Å². The second kappa shape index (κ2) is 9.66. The molecule has 0 N–H and O–H groups in total. The normalized spacial score (nSPS) is 11.1. The smallest absolute Gasteiger partial charge is 0.159 e. The number of halogens is 4. The van der Waals surface area contributed by atoms with Crippen molar-refractivity contribution in [1.29, 1.82) is 0 Å². The molecule has 33 heavy (non-hydrogen) atoms. The lowest BCUT2D eigenvalue weighted by molar-refractivity contribution is 0.511. The van der Waals surface area contributed by atoms with Gasteiger partial charge in [0.1, 0.15) is 11.6 Å². The molecule has 1 heterocycles. The van der Waals surface area contributed by atoms with Gasteiger partial charge in [0.25, 0.3) is 0 Å². The second-order valence-corrected chi connectivity index (χ2v) is 7.42. The summed E-state index contributed by atoms with van der Waals surface area (Å²) < 4.78 is 56.1. The summed E-state index contributed by atoms with van der Waals surface area (Å²) in [5, 5.41) is 0.928. The van der Waals surface area contributed by atoms with E-state index in [0.29, 0.717) is 16.3 Å². The molecular formula is C27H18F4N2. The Bertz CT molecular complexity index is 1390. The quantitative estimate of drug-likeness (QED) is 0.197. The fourth-order valence-electron chi connectivity index (χ4n) is 3.33. The van der Waals surface area contributed by atoms with Crippen LogP contribution < -0.4 is 0 Å². The SMILES string of the molecule is C/C=C/CCc1cnc(-c2cc(F)c(C#Cc3ccc4cc(F)c(F)cc4c3)c(F)c2)nc1. The first kappa shape index (κ1) is 22.2. The number of rotatable bonds is 4. The summed E-state index contributed by atoms with van der Waals surface area (Å²) in [6.07, 6.45) is 8.92. The van der Waals surface area contributed by atoms with Crippen LogP contribution in [0, 0.1) is 35.1 Å². The van der Waals surface area contributed by atoms with E-state index in [0.717, 1.165) is 42.7 Å². The number of fused-ring (bicyclic) bond motifs is 1. The van der Waals surface area contributed by atoms with Crippen LogP contribution in [0.4, 0.5) is 17.6 Å². The van der Waals surface area contributed by atoms with Crippen molar-refractivity contribution in [3.8, 4) is 23.2 Å². The van der Waals surface area contributed by atoms with Crippen molar-refractivity contribution < 1.29 is 17.6 Å². The molecule has 0 aliphatic heterocycles. The number of aromatic nitrogens is 2. The maximum Gasteiger partial charge on any atom is 0.159 e. The van der Waals surface area contributed by atoms with Gasteiger partial charge in [0.15, 0.2) is 17.5 Å². The molecule has 4 rings (SSSR count). The molecule has 164 valence electrons. The first-order valence-electron chi connectivity index (χ1n) is 10.3. The van der Waals surface area contributed by atoms with Gasteiger partial charge in [-0.1, -0.05) is 30.1 Å². The van der Waals surface area contributed by atoms with Crippen molar-refractivity contribution in [2.75, 3.05) is 0 Å². The van der Waals surface area contributed by atoms with Crippen LogP contribution in [-0.2, 0) is 6.42 Å². The van der Waals surface area contributed by atoms with Gasteiger partial charge >= 0.3 is 0 Å². The first-order valence-corrected chi connectivity index (χ1v) is 10.3. The third kappa shape index (κ3) is 5.09. The van der Waals surface area contributed by atoms with Gasteiger partial charge in [-0.15, -0.1) is 0 Å². The lowest BCUT2D eigenvalue weighted by Crippen LogP contribution is -1.96. The van der Waals surface area contributed by atoms with Crippen molar-refractivity contribution >= 4 is 10.8 Å². The standard InChI is InChI=1S/C27H18F4N2/c1-2-3-4-5-18-15-32-27(33-16-18)21-13-23(28)22(24(29)14-21)9-7-17-6-8-19-11-25(30)26(31)12-20(19)10-17/h2-3,6,8,10-16H,4-5H2,1H3/b3-2+. The zero-order valence-electron chi connectivity index (χ0n) is 17.7. The van der Waals surface area contributed by atoms with E-state index >= 15 is 0 Å². The summed E-state index contributed by atoms with van der Waals surface area (Å²) in [6.45, 7) is 1.95. The molecule has 0 saturated carbocycles. The third-order valence-electron chi connectivity index (χ3n) is 5.05. The van der Waals surface area contributed by atoms with Gasteiger partial charge in [-0.2, -0.15) is 0 Å². The molecule has 0 saturated heterocycles. The van der Waals surface area contributed by atoms with Crippen molar-refractivity contribution in [2.45, 2.75) is 19.8 Å². The molecule has 0 amide bonds. The van der Waals surface area contributed by atoms with Crippen molar-refractivity contribution in [3.05, 3.63) is 107 Å². The van der Waals surface area contributed by atoms with E-state index in [9.17, 15) is 17.6 Å². The fraction of sp³-hybridized carbons (Fsp3) is 0.111. The minimum Gasteiger partial charge on any atom is -0.236 e. The second-order valence-electron chi connectivity index (χ2n) is 7.42. The summed E-state index contributed by atoms with van der Waals surface area (Å²) >= 11 is 0. The van der Waals surface area contributed by atoms with E-state index < -0.39 is 28.8 Å². The molecule has 1 aromatic heterocycles. The van der Waals surface area contributed by atoms with Gasteiger partial charge in [0.05, 0.1) is 5.56 Å². The van der Waals surface area contributed by atoms with E-state index in [2.05, 4.69) is 21.8 Å². The molecule has 0 spiro atoms. The number of hydrogen-bond donors (Lipinski definition) is 0. The molecule has 0 fully saturated rings. The fourth-order valence-corrected chi connectivity index (χ4v) is 3.33. The van der Waals surface area contributed by atoms with Crippen LogP contribution >= 0.6 is 0 Å². The first-order chi connectivity index (χ1) is 15.9. The Balaban J connectivity index is 1.59. The Morgan fingerprint density at radius 1 is 0.788 bits per heavy atom. The Labute approximate surface area is 188 Å². The predicted molar refractivity (Wildman–Crippen MR) is 120 cm³/mol. The highest BCUT2D eigenvalue weighted by molar-refractivity contribution is 5.84. The van der Waals surface area contributed by atoms with E-state index in [1.807, 2.05) is 19.1 Å². The topological polar surface area (TPSA) is 25.8 Å². The highest BCUT2D eigenvalue weighted by atomic mass is 19.2. The number of aryl methyl sites for hydroxylation is 1. The van der Waals surface area contributed by atoms with Crippen molar-refractivity contribution in [1.82, 2.24) is 9.97 Å². The lowest BCUT2D eigenvalue weighted by Gasteiger charge is -2.05. The summed E-state index contributed by atoms with van der Waals surface area (Å²) in [6, 6.07) is 9.08. The Morgan fingerprint density at radius 3 is 2.12 bits per heavy atom. The minimum atomic E-state index is -0.978. The predicted octanol–water partition coefficient (Wildman–Crippen LogP) is 6.76. The van der Waals surface area contributed by atoms with Gasteiger partial charge in [0, 0.05) is 23.5 Å². The maximum atomic E-state index is 14.6. The summed E-state index contributed by atoms with van der Waals surface area (Å²) in [7, 11) is 0. The molecule has 0 unspecified atom stereocenters. The molecule has 6 heteroatoms. The van der Waals surface area contributed by atoms with Crippen LogP contribution in [-0.4, -0.2) is 9.97 Å². The largest absolute Gasteiger partial charge is 0.236 e. The molecule has 2 nitrogen and oxygen atoms in total. The highest BCUT2D eigenvalue weighted by Gasteiger charge is 2.12. The summed E-state index contributed by atoms with van der Waals surface area (Å²) in [5.41, 5.74) is 1.15. The monoisotopic (exact) mass is 446 g/mol. The van der Waals surface area contributed by atoms with Crippen LogP contribution in [0.25, 0.3) is 22.2 Å². The Morgan fingerprint density at radius 2 is 1.45 bits per heavy atom. The van der Waals surface area contributed by atoms with E-state index in [4.69, 9.17) is 0 Å². The minimum absolute atomic E-state index is 0.207. The molecule has 3 aromatic carbocycles. The number of nitrogens with zero attached hydrogens (tertiary/aromatic N) is 2. The number of hydrogen-bond acceptors (Lipinski definition) is 2. The molecule has 0 bridgehead atoms. The maximum absolute atomic E-state index is 14.6. The average molecular weight is 446 g/mol. The van der Waals surface area contributed by atoms with Crippen molar-refractivity contribution in [2.24, 2.45) is 0 Å². The Hall–Kier alpha value is -3.98. The van der Waals surface area contributed by atoms with Crippen molar-refractivity contribution in [3.63, 3.8) is 0 Å². The van der Waals surface area contributed by atoms with Crippen LogP contribution in [0.3, 0.4) is 0 Å². The average Bonchev–Trinajstić information content (AvgIpc) is 2.80. The van der Waals surface area contributed by atoms with Crippen LogP contribution in [0.5, 0.6) is 0 Å². The molecule has 0 atom stereocenters. The van der Waals surface area contributed by atoms with Crippen LogP contribution in [0.15, 0.2) is 67.0 Å². The lowest BCUT2D eigenvalue weighted by atomic mass is 10.1. The van der Waals surface area contributed by atoms with Crippen LogP contribution in [0.2, 0.25) is 0 Å². The summed E-state index contributed by atoms with van der Waals surface area (Å²) in [4.78, 5) is 8.43. The molecule has 0 aliphatic carbocycles. The van der Waals surface area contributed by atoms with Crippen LogP contribution in [0.1, 0.15) is 30.0 Å².